The molecule has 1 aromatic carbocycles. The summed E-state index contributed by atoms with van der Waals surface area (Å²) in [4.78, 5) is 25.5. The lowest BCUT2D eigenvalue weighted by molar-refractivity contribution is -0.145. The van der Waals surface area contributed by atoms with Crippen LogP contribution < -0.4 is 10.1 Å². The number of amides is 2. The minimum Gasteiger partial charge on any atom is -0.494 e. The van der Waals surface area contributed by atoms with Crippen molar-refractivity contribution in [2.75, 3.05) is 19.7 Å². The standard InChI is InChI=1S/C16H22N2O3/c1-12(2)15-16(20)18(11-14(19)17-15)9-6-10-21-13-7-4-3-5-8-13/h3-5,7-8,12,15H,6,9-11H2,1-2H3,(H,17,19). The van der Waals surface area contributed by atoms with E-state index in [0.29, 0.717) is 19.6 Å². The summed E-state index contributed by atoms with van der Waals surface area (Å²) in [6.45, 7) is 5.09. The minimum absolute atomic E-state index is 0.00399. The molecule has 2 amide bonds. The third-order valence-corrected chi connectivity index (χ3v) is 3.48. The lowest BCUT2D eigenvalue weighted by Crippen LogP contribution is -2.59. The van der Waals surface area contributed by atoms with E-state index in [-0.39, 0.29) is 24.3 Å². The van der Waals surface area contributed by atoms with Crippen molar-refractivity contribution in [2.45, 2.75) is 26.3 Å². The van der Waals surface area contributed by atoms with Gasteiger partial charge in [-0.1, -0.05) is 32.0 Å². The largest absolute Gasteiger partial charge is 0.494 e. The Morgan fingerprint density at radius 3 is 2.67 bits per heavy atom. The molecule has 5 nitrogen and oxygen atoms in total. The van der Waals surface area contributed by atoms with Gasteiger partial charge in [-0.05, 0) is 24.5 Å². The quantitative estimate of drug-likeness (QED) is 0.807. The van der Waals surface area contributed by atoms with Gasteiger partial charge >= 0.3 is 0 Å². The van der Waals surface area contributed by atoms with Gasteiger partial charge in [-0.25, -0.2) is 0 Å². The van der Waals surface area contributed by atoms with Crippen LogP contribution >= 0.6 is 0 Å². The first kappa shape index (κ1) is 15.4. The topological polar surface area (TPSA) is 58.6 Å². The van der Waals surface area contributed by atoms with Crippen molar-refractivity contribution in [3.05, 3.63) is 30.3 Å². The van der Waals surface area contributed by atoms with Crippen LogP contribution in [0.2, 0.25) is 0 Å². The lowest BCUT2D eigenvalue weighted by Gasteiger charge is -2.34. The smallest absolute Gasteiger partial charge is 0.245 e. The number of carbonyl (C=O) groups is 2. The zero-order valence-electron chi connectivity index (χ0n) is 12.5. The van der Waals surface area contributed by atoms with E-state index >= 15 is 0 Å². The Bertz CT molecular complexity index is 488. The summed E-state index contributed by atoms with van der Waals surface area (Å²) in [5.74, 6) is 0.840. The number of hydrogen-bond donors (Lipinski definition) is 1. The number of piperazine rings is 1. The van der Waals surface area contributed by atoms with E-state index in [1.165, 1.54) is 0 Å². The van der Waals surface area contributed by atoms with Gasteiger partial charge in [0.2, 0.25) is 11.8 Å². The molecular formula is C16H22N2O3. The molecule has 0 saturated carbocycles. The van der Waals surface area contributed by atoms with Crippen molar-refractivity contribution in [1.82, 2.24) is 10.2 Å². The average molecular weight is 290 g/mol. The molecule has 0 radical (unpaired) electrons. The van der Waals surface area contributed by atoms with Gasteiger partial charge in [0.1, 0.15) is 11.8 Å². The van der Waals surface area contributed by atoms with Crippen LogP contribution in [0.1, 0.15) is 20.3 Å². The first-order valence-electron chi connectivity index (χ1n) is 7.34. The molecule has 1 saturated heterocycles. The lowest BCUT2D eigenvalue weighted by atomic mass is 10.0. The van der Waals surface area contributed by atoms with E-state index < -0.39 is 6.04 Å². The summed E-state index contributed by atoms with van der Waals surface area (Å²) >= 11 is 0. The van der Waals surface area contributed by atoms with Crippen molar-refractivity contribution in [2.24, 2.45) is 5.92 Å². The predicted molar refractivity (Wildman–Crippen MR) is 79.9 cm³/mol. The molecule has 1 aromatic rings. The molecule has 0 aromatic heterocycles. The zero-order valence-corrected chi connectivity index (χ0v) is 12.5. The van der Waals surface area contributed by atoms with Crippen LogP contribution in [-0.4, -0.2) is 42.5 Å². The van der Waals surface area contributed by atoms with Gasteiger partial charge in [0.25, 0.3) is 0 Å². The van der Waals surface area contributed by atoms with Gasteiger partial charge in [-0.3, -0.25) is 9.59 Å². The van der Waals surface area contributed by atoms with Crippen LogP contribution in [0.4, 0.5) is 0 Å². The maximum absolute atomic E-state index is 12.2. The Balaban J connectivity index is 1.79. The summed E-state index contributed by atoms with van der Waals surface area (Å²) in [5.41, 5.74) is 0. The van der Waals surface area contributed by atoms with Crippen molar-refractivity contribution >= 4 is 11.8 Å². The number of nitrogens with zero attached hydrogens (tertiary/aromatic N) is 1. The molecule has 1 aliphatic heterocycles. The SMILES string of the molecule is CC(C)C1NC(=O)CN(CCCOc2ccccc2)C1=O. The highest BCUT2D eigenvalue weighted by Gasteiger charge is 2.33. The van der Waals surface area contributed by atoms with E-state index in [1.807, 2.05) is 44.2 Å². The van der Waals surface area contributed by atoms with Crippen molar-refractivity contribution < 1.29 is 14.3 Å². The van der Waals surface area contributed by atoms with Crippen LogP contribution in [0.15, 0.2) is 30.3 Å². The van der Waals surface area contributed by atoms with Gasteiger partial charge in [0, 0.05) is 6.54 Å². The number of nitrogens with one attached hydrogen (secondary N) is 1. The molecule has 1 atom stereocenters. The fraction of sp³-hybridized carbons (Fsp3) is 0.500. The first-order valence-corrected chi connectivity index (χ1v) is 7.34. The number of rotatable bonds is 6. The van der Waals surface area contributed by atoms with E-state index in [2.05, 4.69) is 5.32 Å². The van der Waals surface area contributed by atoms with E-state index in [9.17, 15) is 9.59 Å². The van der Waals surface area contributed by atoms with Crippen LogP contribution in [0.25, 0.3) is 0 Å². The van der Waals surface area contributed by atoms with E-state index in [1.54, 1.807) is 4.90 Å². The summed E-state index contributed by atoms with van der Waals surface area (Å²) < 4.78 is 5.59. The maximum atomic E-state index is 12.2. The molecule has 1 aliphatic rings. The third-order valence-electron chi connectivity index (χ3n) is 3.48. The Morgan fingerprint density at radius 1 is 1.29 bits per heavy atom. The number of benzene rings is 1. The molecule has 1 heterocycles. The molecule has 0 spiro atoms. The van der Waals surface area contributed by atoms with Crippen LogP contribution in [-0.2, 0) is 9.59 Å². The van der Waals surface area contributed by atoms with E-state index in [0.717, 1.165) is 5.75 Å². The van der Waals surface area contributed by atoms with Crippen molar-refractivity contribution in [1.29, 1.82) is 0 Å². The summed E-state index contributed by atoms with van der Waals surface area (Å²) in [5, 5.41) is 2.75. The van der Waals surface area contributed by atoms with Crippen molar-refractivity contribution in [3.8, 4) is 5.75 Å². The summed E-state index contributed by atoms with van der Waals surface area (Å²) in [6.07, 6.45) is 0.707. The summed E-state index contributed by atoms with van der Waals surface area (Å²) in [7, 11) is 0. The Hall–Kier alpha value is -2.04. The number of ether oxygens (including phenoxy) is 1. The van der Waals surface area contributed by atoms with Crippen molar-refractivity contribution in [3.63, 3.8) is 0 Å². The second kappa shape index (κ2) is 7.11. The van der Waals surface area contributed by atoms with Gasteiger partial charge in [-0.15, -0.1) is 0 Å². The first-order chi connectivity index (χ1) is 10.1. The Morgan fingerprint density at radius 2 is 2.00 bits per heavy atom. The monoisotopic (exact) mass is 290 g/mol. The molecule has 5 heteroatoms. The zero-order chi connectivity index (χ0) is 15.2. The molecule has 1 unspecified atom stereocenters. The highest BCUT2D eigenvalue weighted by atomic mass is 16.5. The highest BCUT2D eigenvalue weighted by Crippen LogP contribution is 2.12. The molecule has 1 fully saturated rings. The van der Waals surface area contributed by atoms with Crippen LogP contribution in [0, 0.1) is 5.92 Å². The second-order valence-corrected chi connectivity index (χ2v) is 5.56. The number of carbonyl (C=O) groups excluding carboxylic acids is 2. The molecule has 1 N–H and O–H groups in total. The van der Waals surface area contributed by atoms with Crippen LogP contribution in [0.3, 0.4) is 0 Å². The molecule has 0 aliphatic carbocycles. The molecule has 2 rings (SSSR count). The second-order valence-electron chi connectivity index (χ2n) is 5.56. The third kappa shape index (κ3) is 4.21. The highest BCUT2D eigenvalue weighted by molar-refractivity contribution is 5.94. The van der Waals surface area contributed by atoms with Crippen LogP contribution in [0.5, 0.6) is 5.75 Å². The predicted octanol–water partition coefficient (Wildman–Crippen LogP) is 1.44. The minimum atomic E-state index is -0.402. The fourth-order valence-electron chi connectivity index (χ4n) is 2.33. The Kier molecular flexibility index (Phi) is 5.20. The van der Waals surface area contributed by atoms with Gasteiger partial charge < -0.3 is 15.0 Å². The molecule has 114 valence electrons. The van der Waals surface area contributed by atoms with Gasteiger partial charge in [-0.2, -0.15) is 0 Å². The molecule has 0 bridgehead atoms. The normalized spacial score (nSPS) is 18.8. The maximum Gasteiger partial charge on any atom is 0.245 e. The Labute approximate surface area is 125 Å². The average Bonchev–Trinajstić information content (AvgIpc) is 2.47. The number of hydrogen-bond acceptors (Lipinski definition) is 3. The molecule has 21 heavy (non-hydrogen) atoms. The fourth-order valence-corrected chi connectivity index (χ4v) is 2.33. The molecular weight excluding hydrogens is 268 g/mol. The number of para-hydroxylation sites is 1. The van der Waals surface area contributed by atoms with Gasteiger partial charge in [0.05, 0.1) is 13.2 Å². The van der Waals surface area contributed by atoms with E-state index in [4.69, 9.17) is 4.74 Å². The summed E-state index contributed by atoms with van der Waals surface area (Å²) in [6, 6.07) is 9.16. The van der Waals surface area contributed by atoms with Gasteiger partial charge in [0.15, 0.2) is 0 Å².